The molecular formula is C12H21NO. The van der Waals surface area contributed by atoms with Crippen molar-refractivity contribution in [1.29, 1.82) is 0 Å². The number of nitrogens with zero attached hydrogens (tertiary/aromatic N) is 1. The van der Waals surface area contributed by atoms with E-state index in [4.69, 9.17) is 5.11 Å². The lowest BCUT2D eigenvalue weighted by atomic mass is 10.1. The summed E-state index contributed by atoms with van der Waals surface area (Å²) in [5.74, 6) is 0.353. The first-order valence-corrected chi connectivity index (χ1v) is 5.11. The number of hydrogen-bond acceptors (Lipinski definition) is 2. The standard InChI is InChI=1S/C10H15NO.C2H6/c1-11(2)7-6-9-4-3-5-10(12)8-9;1-2/h3-5,8,12H,6-7H2,1-2H3;1-2H3. The average Bonchev–Trinajstić information content (AvgIpc) is 2.18. The van der Waals surface area contributed by atoms with Gasteiger partial charge in [-0.2, -0.15) is 0 Å². The topological polar surface area (TPSA) is 23.5 Å². The van der Waals surface area contributed by atoms with Gasteiger partial charge in [0.1, 0.15) is 5.75 Å². The molecule has 0 bridgehead atoms. The van der Waals surface area contributed by atoms with Gasteiger partial charge in [0.25, 0.3) is 0 Å². The molecule has 14 heavy (non-hydrogen) atoms. The second-order valence-corrected chi connectivity index (χ2v) is 3.22. The quantitative estimate of drug-likeness (QED) is 0.801. The van der Waals surface area contributed by atoms with Crippen molar-refractivity contribution in [2.75, 3.05) is 20.6 Å². The van der Waals surface area contributed by atoms with Crippen molar-refractivity contribution in [3.63, 3.8) is 0 Å². The Hall–Kier alpha value is -1.02. The van der Waals surface area contributed by atoms with Crippen molar-refractivity contribution in [2.24, 2.45) is 0 Å². The lowest BCUT2D eigenvalue weighted by Gasteiger charge is -2.08. The first kappa shape index (κ1) is 13.0. The minimum Gasteiger partial charge on any atom is -0.508 e. The van der Waals surface area contributed by atoms with Gasteiger partial charge in [-0.3, -0.25) is 0 Å². The van der Waals surface area contributed by atoms with Gasteiger partial charge in [0.2, 0.25) is 0 Å². The van der Waals surface area contributed by atoms with Crippen LogP contribution in [0, 0.1) is 0 Å². The van der Waals surface area contributed by atoms with Crippen molar-refractivity contribution in [1.82, 2.24) is 4.90 Å². The van der Waals surface area contributed by atoms with Gasteiger partial charge in [0, 0.05) is 6.54 Å². The van der Waals surface area contributed by atoms with Gasteiger partial charge in [0.15, 0.2) is 0 Å². The van der Waals surface area contributed by atoms with Crippen molar-refractivity contribution in [3.05, 3.63) is 29.8 Å². The highest BCUT2D eigenvalue weighted by Gasteiger charge is 1.95. The van der Waals surface area contributed by atoms with Gasteiger partial charge in [-0.1, -0.05) is 26.0 Å². The Labute approximate surface area is 87.2 Å². The van der Waals surface area contributed by atoms with Gasteiger partial charge >= 0.3 is 0 Å². The van der Waals surface area contributed by atoms with Crippen LogP contribution in [0.2, 0.25) is 0 Å². The van der Waals surface area contributed by atoms with Crippen LogP contribution in [0.25, 0.3) is 0 Å². The second kappa shape index (κ2) is 7.39. The van der Waals surface area contributed by atoms with Crippen molar-refractivity contribution < 1.29 is 5.11 Å². The van der Waals surface area contributed by atoms with Crippen LogP contribution in [0.1, 0.15) is 19.4 Å². The Balaban J connectivity index is 0.000000791. The Kier molecular flexibility index (Phi) is 6.85. The maximum Gasteiger partial charge on any atom is 0.115 e. The SMILES string of the molecule is CC.CN(C)CCc1cccc(O)c1. The zero-order valence-corrected chi connectivity index (χ0v) is 9.62. The molecule has 1 N–H and O–H groups in total. The van der Waals surface area contributed by atoms with Crippen LogP contribution >= 0.6 is 0 Å². The molecule has 1 aromatic rings. The minimum absolute atomic E-state index is 0.353. The number of phenolic OH excluding ortho intramolecular Hbond substituents is 1. The first-order valence-electron chi connectivity index (χ1n) is 5.11. The summed E-state index contributed by atoms with van der Waals surface area (Å²) in [7, 11) is 4.09. The molecule has 0 amide bonds. The van der Waals surface area contributed by atoms with Gasteiger partial charge in [-0.25, -0.2) is 0 Å². The zero-order chi connectivity index (χ0) is 11.0. The normalized spacial score (nSPS) is 9.50. The summed E-state index contributed by atoms with van der Waals surface area (Å²) in [6.07, 6.45) is 0.987. The van der Waals surface area contributed by atoms with E-state index in [9.17, 15) is 0 Å². The summed E-state index contributed by atoms with van der Waals surface area (Å²) < 4.78 is 0. The first-order chi connectivity index (χ1) is 6.68. The van der Waals surface area contributed by atoms with Crippen LogP contribution in [-0.4, -0.2) is 30.6 Å². The third kappa shape index (κ3) is 5.60. The van der Waals surface area contributed by atoms with Crippen molar-refractivity contribution in [2.45, 2.75) is 20.3 Å². The van der Waals surface area contributed by atoms with E-state index in [1.807, 2.05) is 46.1 Å². The molecule has 1 rings (SSSR count). The van der Waals surface area contributed by atoms with Crippen LogP contribution in [-0.2, 0) is 6.42 Å². The Morgan fingerprint density at radius 2 is 1.86 bits per heavy atom. The third-order valence-corrected chi connectivity index (χ3v) is 1.76. The number of benzene rings is 1. The number of aromatic hydroxyl groups is 1. The highest BCUT2D eigenvalue weighted by atomic mass is 16.3. The molecule has 1 aromatic carbocycles. The molecule has 0 radical (unpaired) electrons. The Bertz CT molecular complexity index is 246. The van der Waals surface area contributed by atoms with E-state index in [1.165, 1.54) is 5.56 Å². The fourth-order valence-corrected chi connectivity index (χ4v) is 1.06. The van der Waals surface area contributed by atoms with Crippen LogP contribution in [0.5, 0.6) is 5.75 Å². The van der Waals surface area contributed by atoms with Crippen LogP contribution in [0.15, 0.2) is 24.3 Å². The van der Waals surface area contributed by atoms with E-state index in [1.54, 1.807) is 6.07 Å². The summed E-state index contributed by atoms with van der Waals surface area (Å²) in [5.41, 5.74) is 1.18. The highest BCUT2D eigenvalue weighted by Crippen LogP contribution is 2.11. The number of rotatable bonds is 3. The molecule has 0 aliphatic carbocycles. The molecule has 80 valence electrons. The Morgan fingerprint density at radius 3 is 2.36 bits per heavy atom. The fourth-order valence-electron chi connectivity index (χ4n) is 1.06. The van der Waals surface area contributed by atoms with E-state index in [2.05, 4.69) is 4.90 Å². The molecule has 0 aliphatic rings. The molecular weight excluding hydrogens is 174 g/mol. The number of hydrogen-bond donors (Lipinski definition) is 1. The molecule has 0 spiro atoms. The van der Waals surface area contributed by atoms with E-state index in [-0.39, 0.29) is 0 Å². The molecule has 0 aromatic heterocycles. The van der Waals surface area contributed by atoms with E-state index in [0.29, 0.717) is 5.75 Å². The molecule has 2 nitrogen and oxygen atoms in total. The minimum atomic E-state index is 0.353. The largest absolute Gasteiger partial charge is 0.508 e. The molecule has 0 atom stereocenters. The number of likely N-dealkylation sites (N-methyl/N-ethyl adjacent to an activating group) is 1. The highest BCUT2D eigenvalue weighted by molar-refractivity contribution is 5.27. The summed E-state index contributed by atoms with van der Waals surface area (Å²) in [6, 6.07) is 7.41. The predicted octanol–water partition coefficient (Wildman–Crippen LogP) is 2.52. The smallest absolute Gasteiger partial charge is 0.115 e. The molecule has 0 unspecified atom stereocenters. The third-order valence-electron chi connectivity index (χ3n) is 1.76. The summed E-state index contributed by atoms with van der Waals surface area (Å²) >= 11 is 0. The van der Waals surface area contributed by atoms with Crippen LogP contribution < -0.4 is 0 Å². The molecule has 2 heteroatoms. The summed E-state index contributed by atoms with van der Waals surface area (Å²) in [5, 5.41) is 9.16. The molecule has 0 saturated carbocycles. The van der Waals surface area contributed by atoms with Gasteiger partial charge in [-0.15, -0.1) is 0 Å². The summed E-state index contributed by atoms with van der Waals surface area (Å²) in [6.45, 7) is 5.02. The summed E-state index contributed by atoms with van der Waals surface area (Å²) in [4.78, 5) is 2.13. The van der Waals surface area contributed by atoms with E-state index < -0.39 is 0 Å². The molecule has 0 fully saturated rings. The molecule has 0 aliphatic heterocycles. The van der Waals surface area contributed by atoms with Crippen molar-refractivity contribution >= 4 is 0 Å². The molecule has 0 saturated heterocycles. The lowest BCUT2D eigenvalue weighted by molar-refractivity contribution is 0.413. The maximum atomic E-state index is 9.16. The van der Waals surface area contributed by atoms with Crippen LogP contribution in [0.3, 0.4) is 0 Å². The zero-order valence-electron chi connectivity index (χ0n) is 9.62. The molecule has 0 heterocycles. The maximum absolute atomic E-state index is 9.16. The second-order valence-electron chi connectivity index (χ2n) is 3.22. The predicted molar refractivity (Wildman–Crippen MR) is 61.7 cm³/mol. The Morgan fingerprint density at radius 1 is 1.21 bits per heavy atom. The van der Waals surface area contributed by atoms with E-state index >= 15 is 0 Å². The van der Waals surface area contributed by atoms with Crippen molar-refractivity contribution in [3.8, 4) is 5.75 Å². The average molecular weight is 195 g/mol. The van der Waals surface area contributed by atoms with Gasteiger partial charge in [0.05, 0.1) is 0 Å². The van der Waals surface area contributed by atoms with Gasteiger partial charge in [-0.05, 0) is 38.2 Å². The lowest BCUT2D eigenvalue weighted by Crippen LogP contribution is -2.14. The monoisotopic (exact) mass is 195 g/mol. The van der Waals surface area contributed by atoms with Crippen LogP contribution in [0.4, 0.5) is 0 Å². The van der Waals surface area contributed by atoms with E-state index in [0.717, 1.165) is 13.0 Å². The fraction of sp³-hybridized carbons (Fsp3) is 0.500. The van der Waals surface area contributed by atoms with Gasteiger partial charge < -0.3 is 10.0 Å². The number of phenols is 1.